The van der Waals surface area contributed by atoms with Crippen LogP contribution in [0.1, 0.15) is 32.8 Å². The van der Waals surface area contributed by atoms with Crippen molar-refractivity contribution in [3.63, 3.8) is 0 Å². The molecule has 0 saturated carbocycles. The van der Waals surface area contributed by atoms with E-state index in [9.17, 15) is 9.59 Å². The smallest absolute Gasteiger partial charge is 0.411 e. The van der Waals surface area contributed by atoms with Crippen molar-refractivity contribution in [1.82, 2.24) is 10.4 Å². The molecule has 138 valence electrons. The molecule has 0 radical (unpaired) electrons. The van der Waals surface area contributed by atoms with Crippen LogP contribution in [0.5, 0.6) is 0 Å². The van der Waals surface area contributed by atoms with Crippen LogP contribution < -0.4 is 5.48 Å². The predicted octanol–water partition coefficient (Wildman–Crippen LogP) is 2.26. The van der Waals surface area contributed by atoms with Crippen LogP contribution in [0, 0.1) is 0 Å². The van der Waals surface area contributed by atoms with E-state index in [1.807, 2.05) is 30.3 Å². The molecule has 1 saturated heterocycles. The van der Waals surface area contributed by atoms with Gasteiger partial charge >= 0.3 is 12.1 Å². The van der Waals surface area contributed by atoms with Gasteiger partial charge < -0.3 is 9.47 Å². The van der Waals surface area contributed by atoms with E-state index in [1.54, 1.807) is 20.8 Å². The van der Waals surface area contributed by atoms with Gasteiger partial charge in [-0.05, 0) is 32.8 Å². The highest BCUT2D eigenvalue weighted by molar-refractivity contribution is 5.82. The highest BCUT2D eigenvalue weighted by Crippen LogP contribution is 2.22. The number of rotatable bonds is 5. The van der Waals surface area contributed by atoms with Gasteiger partial charge in [-0.2, -0.15) is 5.48 Å². The Bertz CT molecular complexity index is 585. The number of carbonyl (C=O) groups is 2. The Balaban J connectivity index is 1.93. The Morgan fingerprint density at radius 1 is 1.24 bits per heavy atom. The molecule has 25 heavy (non-hydrogen) atoms. The zero-order chi connectivity index (χ0) is 18.4. The molecule has 1 N–H and O–H groups in total. The average molecular weight is 350 g/mol. The third-order valence-electron chi connectivity index (χ3n) is 3.73. The van der Waals surface area contributed by atoms with Gasteiger partial charge in [0.15, 0.2) is 0 Å². The summed E-state index contributed by atoms with van der Waals surface area (Å²) in [6.45, 7) is 6.06. The molecule has 1 unspecified atom stereocenters. The van der Waals surface area contributed by atoms with Crippen molar-refractivity contribution in [2.45, 2.75) is 51.5 Å². The monoisotopic (exact) mass is 350 g/mol. The molecule has 0 aromatic heterocycles. The molecule has 1 aliphatic rings. The summed E-state index contributed by atoms with van der Waals surface area (Å²) in [5, 5.41) is 0. The van der Waals surface area contributed by atoms with Crippen LogP contribution in [0.3, 0.4) is 0 Å². The van der Waals surface area contributed by atoms with E-state index in [0.29, 0.717) is 19.6 Å². The van der Waals surface area contributed by atoms with Crippen LogP contribution in [0.15, 0.2) is 30.3 Å². The number of benzene rings is 1. The van der Waals surface area contributed by atoms with Crippen molar-refractivity contribution in [2.75, 3.05) is 13.7 Å². The lowest BCUT2D eigenvalue weighted by Crippen LogP contribution is -2.44. The lowest BCUT2D eigenvalue weighted by Gasteiger charge is -2.27. The SMILES string of the molecule is COC(=O)[C@@H]1CC(NOCc2ccccc2)CN1C(=O)OC(C)(C)C. The van der Waals surface area contributed by atoms with Crippen LogP contribution in [-0.2, 0) is 25.7 Å². The van der Waals surface area contributed by atoms with Crippen molar-refractivity contribution in [2.24, 2.45) is 0 Å². The number of methoxy groups -OCH3 is 1. The quantitative estimate of drug-likeness (QED) is 0.648. The Kier molecular flexibility index (Phi) is 6.39. The first-order valence-corrected chi connectivity index (χ1v) is 8.29. The van der Waals surface area contributed by atoms with Gasteiger partial charge in [-0.3, -0.25) is 9.74 Å². The molecule has 0 aliphatic carbocycles. The maximum Gasteiger partial charge on any atom is 0.411 e. The fraction of sp³-hybridized carbons (Fsp3) is 0.556. The molecule has 1 aliphatic heterocycles. The number of hydrogen-bond donors (Lipinski definition) is 1. The number of hydroxylamine groups is 1. The van der Waals surface area contributed by atoms with Crippen molar-refractivity contribution < 1.29 is 23.9 Å². The van der Waals surface area contributed by atoms with E-state index in [0.717, 1.165) is 5.56 Å². The van der Waals surface area contributed by atoms with E-state index in [2.05, 4.69) is 5.48 Å². The van der Waals surface area contributed by atoms with Gasteiger partial charge in [-0.25, -0.2) is 9.59 Å². The molecule has 1 amide bonds. The second-order valence-corrected chi connectivity index (χ2v) is 7.00. The molecule has 1 heterocycles. The number of likely N-dealkylation sites (tertiary alicyclic amines) is 1. The average Bonchev–Trinajstić information content (AvgIpc) is 2.98. The highest BCUT2D eigenvalue weighted by atomic mass is 16.6. The first kappa shape index (κ1) is 19.2. The minimum absolute atomic E-state index is 0.180. The number of hydrogen-bond acceptors (Lipinski definition) is 6. The van der Waals surface area contributed by atoms with Crippen LogP contribution in [0.2, 0.25) is 0 Å². The Morgan fingerprint density at radius 3 is 2.52 bits per heavy atom. The molecular weight excluding hydrogens is 324 g/mol. The van der Waals surface area contributed by atoms with Gasteiger partial charge in [0.1, 0.15) is 11.6 Å². The van der Waals surface area contributed by atoms with Crippen LogP contribution >= 0.6 is 0 Å². The topological polar surface area (TPSA) is 77.1 Å². The van der Waals surface area contributed by atoms with Crippen LogP contribution in [0.25, 0.3) is 0 Å². The lowest BCUT2D eigenvalue weighted by molar-refractivity contribution is -0.145. The van der Waals surface area contributed by atoms with Gasteiger partial charge in [0.2, 0.25) is 0 Å². The molecule has 2 rings (SSSR count). The van der Waals surface area contributed by atoms with E-state index < -0.39 is 23.7 Å². The number of esters is 1. The number of ether oxygens (including phenoxy) is 2. The number of amides is 1. The fourth-order valence-electron chi connectivity index (χ4n) is 2.62. The van der Waals surface area contributed by atoms with Crippen molar-refractivity contribution in [3.05, 3.63) is 35.9 Å². The molecule has 0 bridgehead atoms. The summed E-state index contributed by atoms with van der Waals surface area (Å²) >= 11 is 0. The normalized spacial score (nSPS) is 20.4. The number of carbonyl (C=O) groups excluding carboxylic acids is 2. The summed E-state index contributed by atoms with van der Waals surface area (Å²) in [4.78, 5) is 31.3. The number of nitrogens with one attached hydrogen (secondary N) is 1. The van der Waals surface area contributed by atoms with E-state index in [4.69, 9.17) is 14.3 Å². The maximum atomic E-state index is 12.4. The minimum atomic E-state index is -0.683. The van der Waals surface area contributed by atoms with Crippen molar-refractivity contribution >= 4 is 12.1 Å². The molecule has 2 atom stereocenters. The van der Waals surface area contributed by atoms with Crippen molar-refractivity contribution in [1.29, 1.82) is 0 Å². The molecule has 0 spiro atoms. The Morgan fingerprint density at radius 2 is 1.92 bits per heavy atom. The highest BCUT2D eigenvalue weighted by Gasteiger charge is 2.42. The number of nitrogens with zero attached hydrogens (tertiary/aromatic N) is 1. The molecule has 7 heteroatoms. The molecule has 1 fully saturated rings. The third kappa shape index (κ3) is 5.72. The second-order valence-electron chi connectivity index (χ2n) is 7.00. The largest absolute Gasteiger partial charge is 0.467 e. The molecule has 7 nitrogen and oxygen atoms in total. The molecule has 1 aromatic carbocycles. The van der Waals surface area contributed by atoms with Gasteiger partial charge in [-0.1, -0.05) is 30.3 Å². The maximum absolute atomic E-state index is 12.4. The summed E-state index contributed by atoms with van der Waals surface area (Å²) in [6, 6.07) is 8.87. The fourth-order valence-corrected chi connectivity index (χ4v) is 2.62. The summed E-state index contributed by atoms with van der Waals surface area (Å²) in [5.74, 6) is -0.460. The van der Waals surface area contributed by atoms with Crippen molar-refractivity contribution in [3.8, 4) is 0 Å². The van der Waals surface area contributed by atoms with Gasteiger partial charge in [0.05, 0.1) is 19.8 Å². The van der Waals surface area contributed by atoms with E-state index >= 15 is 0 Å². The zero-order valence-corrected chi connectivity index (χ0v) is 15.2. The summed E-state index contributed by atoms with van der Waals surface area (Å²) < 4.78 is 10.2. The van der Waals surface area contributed by atoms with Gasteiger partial charge in [0, 0.05) is 6.54 Å². The second kappa shape index (κ2) is 8.31. The molecule has 1 aromatic rings. The molecular formula is C18H26N2O5. The first-order valence-electron chi connectivity index (χ1n) is 8.29. The Labute approximate surface area is 148 Å². The van der Waals surface area contributed by atoms with Crippen LogP contribution in [0.4, 0.5) is 4.79 Å². The summed E-state index contributed by atoms with van der Waals surface area (Å²) in [7, 11) is 1.31. The first-order chi connectivity index (χ1) is 11.8. The van der Waals surface area contributed by atoms with Crippen LogP contribution in [-0.4, -0.2) is 48.3 Å². The zero-order valence-electron chi connectivity index (χ0n) is 15.2. The van der Waals surface area contributed by atoms with E-state index in [1.165, 1.54) is 12.0 Å². The Hall–Kier alpha value is -2.12. The standard InChI is InChI=1S/C18H26N2O5/c1-18(2,3)25-17(22)20-11-14(10-15(20)16(21)23-4)19-24-12-13-8-6-5-7-9-13/h5-9,14-15,19H,10-12H2,1-4H3/t14?,15-/m0/s1. The third-order valence-corrected chi connectivity index (χ3v) is 3.73. The van der Waals surface area contributed by atoms with Gasteiger partial charge in [0.25, 0.3) is 0 Å². The summed E-state index contributed by atoms with van der Waals surface area (Å²) in [6.07, 6.45) is -0.129. The van der Waals surface area contributed by atoms with E-state index in [-0.39, 0.29) is 6.04 Å². The summed E-state index contributed by atoms with van der Waals surface area (Å²) in [5.41, 5.74) is 3.33. The predicted molar refractivity (Wildman–Crippen MR) is 91.5 cm³/mol. The minimum Gasteiger partial charge on any atom is -0.467 e. The lowest BCUT2D eigenvalue weighted by atomic mass is 10.2. The van der Waals surface area contributed by atoms with Gasteiger partial charge in [-0.15, -0.1) is 0 Å².